The van der Waals surface area contributed by atoms with Crippen molar-refractivity contribution in [1.82, 2.24) is 20.2 Å². The van der Waals surface area contributed by atoms with Crippen LogP contribution in [0.1, 0.15) is 6.42 Å². The van der Waals surface area contributed by atoms with Crippen molar-refractivity contribution >= 4 is 22.8 Å². The zero-order chi connectivity index (χ0) is 18.4. The summed E-state index contributed by atoms with van der Waals surface area (Å²) in [5.74, 6) is 0.340. The van der Waals surface area contributed by atoms with Gasteiger partial charge in [0.15, 0.2) is 0 Å². The number of methoxy groups -OCH3 is 1. The number of urea groups is 1. The maximum absolute atomic E-state index is 12.5. The van der Waals surface area contributed by atoms with Gasteiger partial charge in [-0.15, -0.1) is 0 Å². The molecule has 9 nitrogen and oxygen atoms in total. The number of rotatable bonds is 6. The lowest BCUT2D eigenvalue weighted by Gasteiger charge is -2.26. The van der Waals surface area contributed by atoms with Crippen molar-refractivity contribution in [3.63, 3.8) is 0 Å². The van der Waals surface area contributed by atoms with Crippen molar-refractivity contribution in [2.24, 2.45) is 0 Å². The lowest BCUT2D eigenvalue weighted by atomic mass is 10.3. The van der Waals surface area contributed by atoms with Gasteiger partial charge in [0.2, 0.25) is 11.3 Å². The third-order valence-corrected chi connectivity index (χ3v) is 4.20. The van der Waals surface area contributed by atoms with Crippen LogP contribution in [0.4, 0.5) is 10.5 Å². The Labute approximate surface area is 150 Å². The van der Waals surface area contributed by atoms with Gasteiger partial charge in [-0.05, 0) is 19.0 Å². The second kappa shape index (κ2) is 8.63. The molecule has 3 N–H and O–H groups in total. The molecule has 1 saturated heterocycles. The summed E-state index contributed by atoms with van der Waals surface area (Å²) in [5.41, 5.74) is 0.576. The highest BCUT2D eigenvalue weighted by molar-refractivity contribution is 5.91. The first kappa shape index (κ1) is 18.2. The van der Waals surface area contributed by atoms with Crippen LogP contribution in [0.2, 0.25) is 0 Å². The highest BCUT2D eigenvalue weighted by Crippen LogP contribution is 2.13. The summed E-state index contributed by atoms with van der Waals surface area (Å²) in [6.07, 6.45) is 2.30. The second-order valence-corrected chi connectivity index (χ2v) is 5.97. The number of aromatic amines is 1. The van der Waals surface area contributed by atoms with Gasteiger partial charge in [0, 0.05) is 31.9 Å². The summed E-state index contributed by atoms with van der Waals surface area (Å²) in [5, 5.41) is 5.33. The first-order valence-electron chi connectivity index (χ1n) is 8.59. The van der Waals surface area contributed by atoms with E-state index in [9.17, 15) is 9.59 Å². The summed E-state index contributed by atoms with van der Waals surface area (Å²) in [6, 6.07) is 2.95. The Bertz CT molecular complexity index is 816. The Kier molecular flexibility index (Phi) is 6.03. The maximum Gasteiger partial charge on any atom is 0.319 e. The van der Waals surface area contributed by atoms with Gasteiger partial charge in [-0.3, -0.25) is 9.69 Å². The molecule has 2 aromatic heterocycles. The Balaban J connectivity index is 1.53. The number of anilines is 1. The minimum Gasteiger partial charge on any atom is -0.481 e. The van der Waals surface area contributed by atoms with Crippen molar-refractivity contribution in [2.45, 2.75) is 6.42 Å². The molecule has 2 amide bonds. The Morgan fingerprint density at radius 2 is 2.19 bits per heavy atom. The summed E-state index contributed by atoms with van der Waals surface area (Å²) < 4.78 is 10.3. The van der Waals surface area contributed by atoms with Gasteiger partial charge in [-0.25, -0.2) is 9.78 Å². The molecule has 0 radical (unpaired) electrons. The lowest BCUT2D eigenvalue weighted by Crippen LogP contribution is -2.38. The van der Waals surface area contributed by atoms with E-state index in [1.165, 1.54) is 13.3 Å². The lowest BCUT2D eigenvalue weighted by molar-refractivity contribution is 0.0375. The minimum atomic E-state index is -0.417. The molecule has 0 saturated carbocycles. The zero-order valence-electron chi connectivity index (χ0n) is 14.7. The number of nitrogens with zero attached hydrogens (tertiary/aromatic N) is 2. The van der Waals surface area contributed by atoms with Gasteiger partial charge in [0.25, 0.3) is 0 Å². The minimum absolute atomic E-state index is 0.143. The van der Waals surface area contributed by atoms with E-state index in [4.69, 9.17) is 9.47 Å². The van der Waals surface area contributed by atoms with Crippen LogP contribution in [-0.2, 0) is 4.74 Å². The molecule has 26 heavy (non-hydrogen) atoms. The molecule has 0 atom stereocenters. The number of amides is 2. The first-order chi connectivity index (χ1) is 12.7. The fourth-order valence-electron chi connectivity index (χ4n) is 2.78. The molecular weight excluding hydrogens is 338 g/mol. The van der Waals surface area contributed by atoms with Gasteiger partial charge < -0.3 is 25.1 Å². The van der Waals surface area contributed by atoms with Gasteiger partial charge in [0.05, 0.1) is 25.8 Å². The number of nitrogens with one attached hydrogen (secondary N) is 3. The molecule has 2 aromatic rings. The van der Waals surface area contributed by atoms with Crippen LogP contribution < -0.4 is 20.8 Å². The number of aromatic nitrogens is 2. The number of H-pyrrole nitrogens is 1. The number of ether oxygens (including phenoxy) is 2. The van der Waals surface area contributed by atoms with E-state index in [0.29, 0.717) is 17.9 Å². The fraction of sp³-hybridized carbons (Fsp3) is 0.471. The molecule has 0 bridgehead atoms. The highest BCUT2D eigenvalue weighted by atomic mass is 16.5. The van der Waals surface area contributed by atoms with Gasteiger partial charge in [-0.2, -0.15) is 0 Å². The van der Waals surface area contributed by atoms with Crippen LogP contribution in [0.5, 0.6) is 5.88 Å². The van der Waals surface area contributed by atoms with Crippen LogP contribution in [0.15, 0.2) is 23.1 Å². The van der Waals surface area contributed by atoms with E-state index >= 15 is 0 Å². The van der Waals surface area contributed by atoms with E-state index in [0.717, 1.165) is 39.3 Å². The summed E-state index contributed by atoms with van der Waals surface area (Å²) in [7, 11) is 1.48. The van der Waals surface area contributed by atoms with E-state index in [1.54, 1.807) is 12.1 Å². The predicted octanol–water partition coefficient (Wildman–Crippen LogP) is 0.775. The van der Waals surface area contributed by atoms with Crippen LogP contribution in [0.25, 0.3) is 11.0 Å². The molecule has 3 heterocycles. The van der Waals surface area contributed by atoms with Crippen molar-refractivity contribution in [2.75, 3.05) is 51.8 Å². The average Bonchev–Trinajstić information content (AvgIpc) is 2.68. The van der Waals surface area contributed by atoms with Crippen LogP contribution >= 0.6 is 0 Å². The smallest absolute Gasteiger partial charge is 0.319 e. The number of hydrogen-bond donors (Lipinski definition) is 3. The number of morpholine rings is 1. The third kappa shape index (κ3) is 4.50. The molecular formula is C17H23N5O4. The third-order valence-electron chi connectivity index (χ3n) is 4.20. The molecule has 140 valence electrons. The number of fused-ring (bicyclic) bond motifs is 1. The van der Waals surface area contributed by atoms with Crippen molar-refractivity contribution in [3.8, 4) is 5.88 Å². The highest BCUT2D eigenvalue weighted by Gasteiger charge is 2.12. The van der Waals surface area contributed by atoms with Crippen LogP contribution in [0, 0.1) is 0 Å². The first-order valence-corrected chi connectivity index (χ1v) is 8.59. The Morgan fingerprint density at radius 3 is 2.96 bits per heavy atom. The zero-order valence-corrected chi connectivity index (χ0v) is 14.7. The van der Waals surface area contributed by atoms with Crippen molar-refractivity contribution in [1.29, 1.82) is 0 Å². The molecule has 9 heteroatoms. The number of hydrogen-bond acceptors (Lipinski definition) is 6. The summed E-state index contributed by atoms with van der Waals surface area (Å²) in [4.78, 5) is 33.9. The maximum atomic E-state index is 12.5. The van der Waals surface area contributed by atoms with E-state index in [2.05, 4.69) is 25.5 Å². The van der Waals surface area contributed by atoms with E-state index < -0.39 is 6.03 Å². The normalized spacial score (nSPS) is 15.0. The largest absolute Gasteiger partial charge is 0.481 e. The SMILES string of the molecule is COc1ccc2[nH]cc(NC(=O)NCCCN3CCOCC3)c(=O)c2n1. The quantitative estimate of drug-likeness (QED) is 0.656. The van der Waals surface area contributed by atoms with Crippen LogP contribution in [0.3, 0.4) is 0 Å². The monoisotopic (exact) mass is 361 g/mol. The van der Waals surface area contributed by atoms with E-state index in [-0.39, 0.29) is 16.6 Å². The molecule has 1 aliphatic rings. The molecule has 1 aliphatic heterocycles. The Hall–Kier alpha value is -2.65. The van der Waals surface area contributed by atoms with Gasteiger partial charge >= 0.3 is 6.03 Å². The van der Waals surface area contributed by atoms with Gasteiger partial charge in [-0.1, -0.05) is 0 Å². The average molecular weight is 361 g/mol. The van der Waals surface area contributed by atoms with Crippen molar-refractivity contribution < 1.29 is 14.3 Å². The standard InChI is InChI=1S/C17H23N5O4/c1-25-14-4-3-12-15(21-14)16(23)13(11-19-12)20-17(24)18-5-2-6-22-7-9-26-10-8-22/h3-4,11H,2,5-10H2,1H3,(H,19,23)(H2,18,20,24). The number of carbonyl (C=O) groups excluding carboxylic acids is 1. The van der Waals surface area contributed by atoms with Crippen LogP contribution in [-0.4, -0.2) is 67.4 Å². The molecule has 1 fully saturated rings. The van der Waals surface area contributed by atoms with Gasteiger partial charge in [0.1, 0.15) is 11.2 Å². The topological polar surface area (TPSA) is 109 Å². The fourth-order valence-corrected chi connectivity index (χ4v) is 2.78. The number of carbonyl (C=O) groups is 1. The predicted molar refractivity (Wildman–Crippen MR) is 97.8 cm³/mol. The Morgan fingerprint density at radius 1 is 1.38 bits per heavy atom. The number of pyridine rings is 2. The summed E-state index contributed by atoms with van der Waals surface area (Å²) in [6.45, 7) is 4.81. The molecule has 0 unspecified atom stereocenters. The van der Waals surface area contributed by atoms with Crippen molar-refractivity contribution in [3.05, 3.63) is 28.6 Å². The summed E-state index contributed by atoms with van der Waals surface area (Å²) >= 11 is 0. The molecule has 0 spiro atoms. The molecule has 3 rings (SSSR count). The van der Waals surface area contributed by atoms with E-state index in [1.807, 2.05) is 0 Å². The molecule has 0 aliphatic carbocycles. The second-order valence-electron chi connectivity index (χ2n) is 5.97. The molecule has 0 aromatic carbocycles.